The van der Waals surface area contributed by atoms with Crippen LogP contribution in [-0.4, -0.2) is 14.8 Å². The molecule has 4 nitrogen and oxygen atoms in total. The van der Waals surface area contributed by atoms with Gasteiger partial charge in [0.1, 0.15) is 23.7 Å². The Bertz CT molecular complexity index is 593. The predicted octanol–water partition coefficient (Wildman–Crippen LogP) is 3.13. The Morgan fingerprint density at radius 1 is 1.30 bits per heavy atom. The highest BCUT2D eigenvalue weighted by Gasteiger charge is 2.13. The molecule has 0 fully saturated rings. The van der Waals surface area contributed by atoms with Crippen molar-refractivity contribution in [3.63, 3.8) is 0 Å². The molecule has 0 spiro atoms. The minimum absolute atomic E-state index is 0.121. The molecule has 0 saturated heterocycles. The Morgan fingerprint density at radius 2 is 2.05 bits per heavy atom. The molecule has 0 aliphatic rings. The molecule has 6 heteroatoms. The van der Waals surface area contributed by atoms with E-state index in [1.165, 1.54) is 18.5 Å². The summed E-state index contributed by atoms with van der Waals surface area (Å²) < 4.78 is 29.2. The van der Waals surface area contributed by atoms with E-state index >= 15 is 0 Å². The zero-order valence-electron chi connectivity index (χ0n) is 11.8. The zero-order valence-corrected chi connectivity index (χ0v) is 11.8. The first-order valence-corrected chi connectivity index (χ1v) is 6.54. The number of anilines is 1. The Kier molecular flexibility index (Phi) is 4.32. The summed E-state index contributed by atoms with van der Waals surface area (Å²) in [6.07, 6.45) is 1.45. The predicted molar refractivity (Wildman–Crippen MR) is 73.3 cm³/mol. The summed E-state index contributed by atoms with van der Waals surface area (Å²) in [5.41, 5.74) is 0.279. The average Bonchev–Trinajstić information content (AvgIpc) is 2.81. The fourth-order valence-electron chi connectivity index (χ4n) is 1.91. The quantitative estimate of drug-likeness (QED) is 0.915. The average molecular weight is 280 g/mol. The monoisotopic (exact) mass is 280 g/mol. The van der Waals surface area contributed by atoms with Gasteiger partial charge < -0.3 is 5.32 Å². The van der Waals surface area contributed by atoms with Crippen LogP contribution >= 0.6 is 0 Å². The van der Waals surface area contributed by atoms with Crippen molar-refractivity contribution in [2.75, 3.05) is 5.32 Å². The van der Waals surface area contributed by atoms with Crippen LogP contribution < -0.4 is 5.32 Å². The lowest BCUT2D eigenvalue weighted by molar-refractivity contribution is 0.468. The summed E-state index contributed by atoms with van der Waals surface area (Å²) in [4.78, 5) is 4.11. The van der Waals surface area contributed by atoms with Crippen LogP contribution in [0.25, 0.3) is 0 Å². The van der Waals surface area contributed by atoms with Gasteiger partial charge in [0.2, 0.25) is 0 Å². The highest BCUT2D eigenvalue weighted by atomic mass is 19.1. The smallest absolute Gasteiger partial charge is 0.152 e. The third kappa shape index (κ3) is 3.12. The standard InChI is InChI=1S/C14H18F2N4/c1-9(2)7-20-12(18-8-19-20)6-17-14-11(15)5-4-10(3)13(14)16/h4-5,8-9,17H,6-7H2,1-3H3. The second-order valence-corrected chi connectivity index (χ2v) is 5.16. The molecule has 0 bridgehead atoms. The second kappa shape index (κ2) is 5.98. The third-order valence-corrected chi connectivity index (χ3v) is 2.94. The second-order valence-electron chi connectivity index (χ2n) is 5.16. The maximum Gasteiger partial charge on any atom is 0.152 e. The normalized spacial score (nSPS) is 11.1. The van der Waals surface area contributed by atoms with Crippen molar-refractivity contribution < 1.29 is 8.78 Å². The molecule has 0 unspecified atom stereocenters. The van der Waals surface area contributed by atoms with Gasteiger partial charge in [-0.1, -0.05) is 19.9 Å². The van der Waals surface area contributed by atoms with Gasteiger partial charge in [-0.15, -0.1) is 0 Å². The van der Waals surface area contributed by atoms with E-state index in [-0.39, 0.29) is 12.2 Å². The molecule has 20 heavy (non-hydrogen) atoms. The molecule has 2 rings (SSSR count). The Labute approximate surface area is 116 Å². The molecule has 2 aromatic rings. The first kappa shape index (κ1) is 14.4. The van der Waals surface area contributed by atoms with E-state index in [0.717, 1.165) is 6.54 Å². The molecule has 0 aliphatic carbocycles. The van der Waals surface area contributed by atoms with Crippen LogP contribution in [0.1, 0.15) is 25.2 Å². The maximum absolute atomic E-state index is 13.9. The van der Waals surface area contributed by atoms with Crippen LogP contribution in [0.15, 0.2) is 18.5 Å². The number of hydrogen-bond donors (Lipinski definition) is 1. The van der Waals surface area contributed by atoms with Crippen LogP contribution in [0.4, 0.5) is 14.5 Å². The van der Waals surface area contributed by atoms with E-state index in [4.69, 9.17) is 0 Å². The molecule has 0 atom stereocenters. The summed E-state index contributed by atoms with van der Waals surface area (Å²) in [6.45, 7) is 6.68. The minimum atomic E-state index is -0.608. The van der Waals surface area contributed by atoms with Gasteiger partial charge in [-0.3, -0.25) is 0 Å². The van der Waals surface area contributed by atoms with Gasteiger partial charge in [0, 0.05) is 6.54 Å². The molecule has 0 amide bonds. The molecule has 1 N–H and O–H groups in total. The number of rotatable bonds is 5. The molecule has 0 radical (unpaired) electrons. The Hall–Kier alpha value is -1.98. The summed E-state index contributed by atoms with van der Waals surface area (Å²) in [5.74, 6) is -0.107. The number of nitrogens with one attached hydrogen (secondary N) is 1. The number of halogens is 2. The van der Waals surface area contributed by atoms with Gasteiger partial charge in [-0.25, -0.2) is 18.4 Å². The molecule has 0 aliphatic heterocycles. The lowest BCUT2D eigenvalue weighted by Crippen LogP contribution is -2.14. The van der Waals surface area contributed by atoms with E-state index in [9.17, 15) is 8.78 Å². The van der Waals surface area contributed by atoms with Crippen molar-refractivity contribution in [2.45, 2.75) is 33.9 Å². The van der Waals surface area contributed by atoms with E-state index in [2.05, 4.69) is 29.2 Å². The number of hydrogen-bond acceptors (Lipinski definition) is 3. The van der Waals surface area contributed by atoms with Crippen LogP contribution in [0, 0.1) is 24.5 Å². The number of aromatic nitrogens is 3. The molecule has 1 aromatic carbocycles. The van der Waals surface area contributed by atoms with Crippen molar-refractivity contribution in [3.05, 3.63) is 41.5 Å². The van der Waals surface area contributed by atoms with Crippen LogP contribution in [0.2, 0.25) is 0 Å². The van der Waals surface area contributed by atoms with Crippen molar-refractivity contribution in [1.29, 1.82) is 0 Å². The molecule has 1 heterocycles. The van der Waals surface area contributed by atoms with Crippen LogP contribution in [-0.2, 0) is 13.1 Å². The SMILES string of the molecule is Cc1ccc(F)c(NCc2ncnn2CC(C)C)c1F. The first-order chi connectivity index (χ1) is 9.49. The van der Waals surface area contributed by atoms with Gasteiger partial charge in [0.15, 0.2) is 5.82 Å². The maximum atomic E-state index is 13.9. The largest absolute Gasteiger partial charge is 0.373 e. The topological polar surface area (TPSA) is 42.7 Å². The van der Waals surface area contributed by atoms with Crippen LogP contribution in [0.5, 0.6) is 0 Å². The Morgan fingerprint density at radius 3 is 2.75 bits per heavy atom. The Balaban J connectivity index is 2.14. The van der Waals surface area contributed by atoms with Gasteiger partial charge in [-0.05, 0) is 24.5 Å². The van der Waals surface area contributed by atoms with E-state index in [1.807, 2.05) is 0 Å². The van der Waals surface area contributed by atoms with E-state index in [0.29, 0.717) is 17.3 Å². The van der Waals surface area contributed by atoms with Crippen molar-refractivity contribution >= 4 is 5.69 Å². The van der Waals surface area contributed by atoms with E-state index in [1.54, 1.807) is 11.6 Å². The molecule has 108 valence electrons. The molecular formula is C14H18F2N4. The van der Waals surface area contributed by atoms with Gasteiger partial charge in [0.05, 0.1) is 6.54 Å². The number of aryl methyl sites for hydroxylation is 1. The fraction of sp³-hybridized carbons (Fsp3) is 0.429. The molecule has 0 saturated carbocycles. The van der Waals surface area contributed by atoms with Crippen LogP contribution in [0.3, 0.4) is 0 Å². The molecular weight excluding hydrogens is 262 g/mol. The molecule has 1 aromatic heterocycles. The lowest BCUT2D eigenvalue weighted by Gasteiger charge is -2.12. The lowest BCUT2D eigenvalue weighted by atomic mass is 10.2. The highest BCUT2D eigenvalue weighted by Crippen LogP contribution is 2.22. The summed E-state index contributed by atoms with van der Waals surface area (Å²) >= 11 is 0. The van der Waals surface area contributed by atoms with Gasteiger partial charge in [-0.2, -0.15) is 5.10 Å². The summed E-state index contributed by atoms with van der Waals surface area (Å²) in [6, 6.07) is 2.66. The van der Waals surface area contributed by atoms with Crippen molar-refractivity contribution in [2.24, 2.45) is 5.92 Å². The third-order valence-electron chi connectivity index (χ3n) is 2.94. The zero-order chi connectivity index (χ0) is 14.7. The summed E-state index contributed by atoms with van der Waals surface area (Å²) in [7, 11) is 0. The first-order valence-electron chi connectivity index (χ1n) is 6.54. The van der Waals surface area contributed by atoms with Crippen molar-refractivity contribution in [1.82, 2.24) is 14.8 Å². The highest BCUT2D eigenvalue weighted by molar-refractivity contribution is 5.48. The number of benzene rings is 1. The van der Waals surface area contributed by atoms with Gasteiger partial charge in [0.25, 0.3) is 0 Å². The number of nitrogens with zero attached hydrogens (tertiary/aromatic N) is 3. The fourth-order valence-corrected chi connectivity index (χ4v) is 1.91. The van der Waals surface area contributed by atoms with Crippen molar-refractivity contribution in [3.8, 4) is 0 Å². The minimum Gasteiger partial charge on any atom is -0.373 e. The van der Waals surface area contributed by atoms with E-state index < -0.39 is 11.6 Å². The summed E-state index contributed by atoms with van der Waals surface area (Å²) in [5, 5.41) is 6.87. The van der Waals surface area contributed by atoms with Gasteiger partial charge >= 0.3 is 0 Å².